The molecule has 12 heavy (non-hydrogen) atoms. The Labute approximate surface area is 70.2 Å². The first-order chi connectivity index (χ1) is 5.46. The lowest BCUT2D eigenvalue weighted by Crippen LogP contribution is -2.25. The highest BCUT2D eigenvalue weighted by Gasteiger charge is 2.43. The second kappa shape index (κ2) is 2.77. The Kier molecular flexibility index (Phi) is 2.08. The van der Waals surface area contributed by atoms with Crippen molar-refractivity contribution in [3.8, 4) is 0 Å². The molecule has 1 saturated carbocycles. The number of carboxylic acid groups (broad SMARTS) is 2. The van der Waals surface area contributed by atoms with E-state index >= 15 is 0 Å². The van der Waals surface area contributed by atoms with E-state index in [0.717, 1.165) is 0 Å². The van der Waals surface area contributed by atoms with Crippen LogP contribution < -0.4 is 0 Å². The maximum absolute atomic E-state index is 10.7. The van der Waals surface area contributed by atoms with Crippen molar-refractivity contribution in [2.75, 3.05) is 0 Å². The zero-order valence-electron chi connectivity index (χ0n) is 6.91. The first-order valence-electron chi connectivity index (χ1n) is 3.92. The molecule has 4 nitrogen and oxygen atoms in total. The average molecular weight is 172 g/mol. The highest BCUT2D eigenvalue weighted by Crippen LogP contribution is 2.41. The van der Waals surface area contributed by atoms with Crippen LogP contribution >= 0.6 is 0 Å². The maximum atomic E-state index is 10.7. The monoisotopic (exact) mass is 172 g/mol. The Morgan fingerprint density at radius 2 is 2.00 bits per heavy atom. The third-order valence-electron chi connectivity index (χ3n) is 2.61. The molecule has 1 fully saturated rings. The van der Waals surface area contributed by atoms with Gasteiger partial charge < -0.3 is 10.2 Å². The average Bonchev–Trinajstić information content (AvgIpc) is 2.33. The third-order valence-corrected chi connectivity index (χ3v) is 2.61. The number of aliphatic carboxylic acids is 2. The van der Waals surface area contributed by atoms with E-state index in [4.69, 9.17) is 10.2 Å². The molecule has 0 bridgehead atoms. The summed E-state index contributed by atoms with van der Waals surface area (Å²) in [6, 6.07) is 0. The van der Waals surface area contributed by atoms with E-state index in [9.17, 15) is 9.59 Å². The van der Waals surface area contributed by atoms with Crippen molar-refractivity contribution in [1.29, 1.82) is 0 Å². The second-order valence-corrected chi connectivity index (χ2v) is 3.64. The molecule has 0 unspecified atom stereocenters. The van der Waals surface area contributed by atoms with Crippen LogP contribution in [0.25, 0.3) is 0 Å². The van der Waals surface area contributed by atoms with Gasteiger partial charge in [-0.1, -0.05) is 0 Å². The summed E-state index contributed by atoms with van der Waals surface area (Å²) < 4.78 is 0. The van der Waals surface area contributed by atoms with Gasteiger partial charge in [0, 0.05) is 0 Å². The van der Waals surface area contributed by atoms with E-state index < -0.39 is 23.3 Å². The fourth-order valence-electron chi connectivity index (χ4n) is 1.65. The van der Waals surface area contributed by atoms with Crippen LogP contribution in [0.15, 0.2) is 0 Å². The largest absolute Gasteiger partial charge is 0.481 e. The first kappa shape index (κ1) is 9.03. The minimum Gasteiger partial charge on any atom is -0.481 e. The normalized spacial score (nSPS) is 34.9. The minimum absolute atomic E-state index is 0.262. The maximum Gasteiger partial charge on any atom is 0.309 e. The molecule has 0 amide bonds. The molecule has 1 aliphatic rings. The number of rotatable bonds is 2. The van der Waals surface area contributed by atoms with Crippen LogP contribution in [-0.2, 0) is 9.59 Å². The smallest absolute Gasteiger partial charge is 0.309 e. The zero-order valence-corrected chi connectivity index (χ0v) is 6.91. The molecule has 2 N–H and O–H groups in total. The molecule has 0 aromatic rings. The highest BCUT2D eigenvalue weighted by molar-refractivity contribution is 5.78. The summed E-state index contributed by atoms with van der Waals surface area (Å²) in [5.41, 5.74) is -0.816. The minimum atomic E-state index is -0.883. The van der Waals surface area contributed by atoms with Crippen LogP contribution in [0.1, 0.15) is 26.2 Å². The van der Waals surface area contributed by atoms with E-state index in [0.29, 0.717) is 12.8 Å². The lowest BCUT2D eigenvalue weighted by atomic mass is 9.88. The number of carboxylic acids is 2. The lowest BCUT2D eigenvalue weighted by molar-refractivity contribution is -0.148. The van der Waals surface area contributed by atoms with E-state index in [1.807, 2.05) is 0 Å². The number of hydrogen-bond acceptors (Lipinski definition) is 2. The van der Waals surface area contributed by atoms with Gasteiger partial charge >= 0.3 is 11.9 Å². The highest BCUT2D eigenvalue weighted by atomic mass is 16.4. The van der Waals surface area contributed by atoms with Gasteiger partial charge in [0.05, 0.1) is 11.3 Å². The van der Waals surface area contributed by atoms with Crippen LogP contribution in [0.2, 0.25) is 0 Å². The molecule has 0 aliphatic heterocycles. The Morgan fingerprint density at radius 1 is 1.42 bits per heavy atom. The van der Waals surface area contributed by atoms with Gasteiger partial charge in [-0.2, -0.15) is 0 Å². The van der Waals surface area contributed by atoms with Gasteiger partial charge in [-0.05, 0) is 26.2 Å². The van der Waals surface area contributed by atoms with E-state index in [-0.39, 0.29) is 6.42 Å². The first-order valence-corrected chi connectivity index (χ1v) is 3.92. The molecule has 1 aliphatic carbocycles. The fraction of sp³-hybridized carbons (Fsp3) is 0.750. The van der Waals surface area contributed by atoms with Crippen molar-refractivity contribution in [2.24, 2.45) is 11.3 Å². The summed E-state index contributed by atoms with van der Waals surface area (Å²) in [6.07, 6.45) is 1.22. The summed E-state index contributed by atoms with van der Waals surface area (Å²) in [4.78, 5) is 21.2. The van der Waals surface area contributed by atoms with Crippen molar-refractivity contribution < 1.29 is 19.8 Å². The van der Waals surface area contributed by atoms with Crippen molar-refractivity contribution in [3.63, 3.8) is 0 Å². The molecule has 0 aromatic heterocycles. The van der Waals surface area contributed by atoms with E-state index in [1.165, 1.54) is 0 Å². The van der Waals surface area contributed by atoms with Crippen molar-refractivity contribution >= 4 is 11.9 Å². The molecular formula is C8H12O4. The molecular weight excluding hydrogens is 160 g/mol. The second-order valence-electron chi connectivity index (χ2n) is 3.64. The molecule has 0 heterocycles. The Bertz CT molecular complexity index is 223. The van der Waals surface area contributed by atoms with Gasteiger partial charge in [0.15, 0.2) is 0 Å². The van der Waals surface area contributed by atoms with Crippen molar-refractivity contribution in [1.82, 2.24) is 0 Å². The third kappa shape index (κ3) is 1.42. The molecule has 0 spiro atoms. The molecule has 0 radical (unpaired) electrons. The molecule has 0 aromatic carbocycles. The molecule has 68 valence electrons. The lowest BCUT2D eigenvalue weighted by Gasteiger charge is -2.16. The molecule has 1 rings (SSSR count). The van der Waals surface area contributed by atoms with E-state index in [2.05, 4.69) is 0 Å². The Hall–Kier alpha value is -1.06. The predicted molar refractivity (Wildman–Crippen MR) is 40.7 cm³/mol. The van der Waals surface area contributed by atoms with Gasteiger partial charge in [0.1, 0.15) is 0 Å². The quantitative estimate of drug-likeness (QED) is 0.650. The van der Waals surface area contributed by atoms with Crippen LogP contribution in [0.5, 0.6) is 0 Å². The number of hydrogen-bond donors (Lipinski definition) is 2. The zero-order chi connectivity index (χ0) is 9.35. The van der Waals surface area contributed by atoms with E-state index in [1.54, 1.807) is 6.92 Å². The predicted octanol–water partition coefficient (Wildman–Crippen LogP) is 0.962. The summed E-state index contributed by atoms with van der Waals surface area (Å²) >= 11 is 0. The number of carbonyl (C=O) groups is 2. The van der Waals surface area contributed by atoms with Crippen molar-refractivity contribution in [2.45, 2.75) is 26.2 Å². The van der Waals surface area contributed by atoms with Crippen LogP contribution in [0, 0.1) is 11.3 Å². The summed E-state index contributed by atoms with van der Waals surface area (Å²) in [6.45, 7) is 1.61. The van der Waals surface area contributed by atoms with Gasteiger partial charge in [0.25, 0.3) is 0 Å². The van der Waals surface area contributed by atoms with Gasteiger partial charge in [-0.25, -0.2) is 0 Å². The standard InChI is InChI=1S/C8H12O4/c1-8(7(11)12)3-2-5(4-8)6(9)10/h5H,2-4H2,1H3,(H,9,10)(H,11,12)/t5-,8+/m0/s1. The van der Waals surface area contributed by atoms with Crippen LogP contribution in [0.3, 0.4) is 0 Å². The Morgan fingerprint density at radius 3 is 2.25 bits per heavy atom. The fourth-order valence-corrected chi connectivity index (χ4v) is 1.65. The summed E-state index contributed by atoms with van der Waals surface area (Å²) in [5.74, 6) is -2.22. The summed E-state index contributed by atoms with van der Waals surface area (Å²) in [7, 11) is 0. The molecule has 0 saturated heterocycles. The molecule has 2 atom stereocenters. The van der Waals surface area contributed by atoms with Crippen LogP contribution in [-0.4, -0.2) is 22.2 Å². The van der Waals surface area contributed by atoms with Gasteiger partial charge in [-0.15, -0.1) is 0 Å². The topological polar surface area (TPSA) is 74.6 Å². The SMILES string of the molecule is C[C@@]1(C(=O)O)CC[C@H](C(=O)O)C1. The summed E-state index contributed by atoms with van der Waals surface area (Å²) in [5, 5.41) is 17.4. The molecule has 4 heteroatoms. The van der Waals surface area contributed by atoms with Crippen LogP contribution in [0.4, 0.5) is 0 Å². The van der Waals surface area contributed by atoms with Gasteiger partial charge in [-0.3, -0.25) is 9.59 Å². The van der Waals surface area contributed by atoms with Gasteiger partial charge in [0.2, 0.25) is 0 Å². The Balaban J connectivity index is 2.67. The van der Waals surface area contributed by atoms with Crippen molar-refractivity contribution in [3.05, 3.63) is 0 Å².